The van der Waals surface area contributed by atoms with Crippen LogP contribution in [-0.4, -0.2) is 28.9 Å². The fourth-order valence-corrected chi connectivity index (χ4v) is 4.07. The highest BCUT2D eigenvalue weighted by atomic mass is 16.5. The van der Waals surface area contributed by atoms with Gasteiger partial charge in [0.2, 0.25) is 0 Å². The zero-order valence-electron chi connectivity index (χ0n) is 14.1. The maximum atomic E-state index is 12.2. The van der Waals surface area contributed by atoms with Gasteiger partial charge in [-0.15, -0.1) is 0 Å². The molecule has 0 spiro atoms. The van der Waals surface area contributed by atoms with Gasteiger partial charge in [-0.05, 0) is 51.5 Å². The summed E-state index contributed by atoms with van der Waals surface area (Å²) in [7, 11) is 1.43. The first-order chi connectivity index (χ1) is 11.0. The predicted octanol–water partition coefficient (Wildman–Crippen LogP) is 3.85. The first kappa shape index (κ1) is 16.1. The average molecular weight is 315 g/mol. The number of nitrogens with zero attached hydrogens (tertiary/aromatic N) is 1. The second kappa shape index (κ2) is 6.36. The van der Waals surface area contributed by atoms with Gasteiger partial charge in [0, 0.05) is 22.6 Å². The molecular weight excluding hydrogens is 290 g/mol. The minimum absolute atomic E-state index is 0.147. The fraction of sp³-hybridized carbons (Fsp3) is 0.526. The average Bonchev–Trinajstić information content (AvgIpc) is 2.86. The second-order valence-electron chi connectivity index (χ2n) is 6.65. The molecule has 1 fully saturated rings. The smallest absolute Gasteiger partial charge is 0.340 e. The van der Waals surface area contributed by atoms with E-state index < -0.39 is 0 Å². The van der Waals surface area contributed by atoms with Gasteiger partial charge in [-0.3, -0.25) is 0 Å². The van der Waals surface area contributed by atoms with E-state index in [0.29, 0.717) is 17.5 Å². The van der Waals surface area contributed by atoms with Crippen LogP contribution in [0.3, 0.4) is 0 Å². The van der Waals surface area contributed by atoms with Gasteiger partial charge in [0.25, 0.3) is 0 Å². The van der Waals surface area contributed by atoms with Gasteiger partial charge in [0.15, 0.2) is 0 Å². The molecule has 1 heterocycles. The molecule has 0 amide bonds. The largest absolute Gasteiger partial charge is 0.465 e. The lowest BCUT2D eigenvalue weighted by Crippen LogP contribution is -2.25. The Morgan fingerprint density at radius 1 is 1.26 bits per heavy atom. The number of para-hydroxylation sites is 1. The molecule has 3 rings (SSSR count). The third kappa shape index (κ3) is 2.76. The SMILES string of the molecule is COC(=O)c1c(C)n([C@H](C)C2CCC(O)CC2)c2ccccc12. The lowest BCUT2D eigenvalue weighted by Gasteiger charge is -2.32. The molecule has 1 aliphatic rings. The molecule has 0 aliphatic heterocycles. The molecule has 1 saturated carbocycles. The molecule has 23 heavy (non-hydrogen) atoms. The van der Waals surface area contributed by atoms with Crippen molar-refractivity contribution in [1.29, 1.82) is 0 Å². The number of rotatable bonds is 3. The Morgan fingerprint density at radius 2 is 1.91 bits per heavy atom. The Kier molecular flexibility index (Phi) is 4.44. The van der Waals surface area contributed by atoms with Crippen molar-refractivity contribution in [2.45, 2.75) is 51.7 Å². The zero-order chi connectivity index (χ0) is 16.6. The van der Waals surface area contributed by atoms with Gasteiger partial charge in [-0.2, -0.15) is 0 Å². The number of hydrogen-bond donors (Lipinski definition) is 1. The number of hydrogen-bond acceptors (Lipinski definition) is 3. The maximum absolute atomic E-state index is 12.2. The lowest BCUT2D eigenvalue weighted by atomic mass is 9.83. The molecule has 1 aromatic carbocycles. The summed E-state index contributed by atoms with van der Waals surface area (Å²) in [6, 6.07) is 8.33. The monoisotopic (exact) mass is 315 g/mol. The van der Waals surface area contributed by atoms with E-state index in [4.69, 9.17) is 4.74 Å². The van der Waals surface area contributed by atoms with Crippen LogP contribution in [0, 0.1) is 12.8 Å². The van der Waals surface area contributed by atoms with Gasteiger partial charge in [0.05, 0.1) is 18.8 Å². The Bertz CT molecular complexity index is 711. The van der Waals surface area contributed by atoms with Crippen LogP contribution >= 0.6 is 0 Å². The summed E-state index contributed by atoms with van der Waals surface area (Å²) in [5.41, 5.74) is 2.73. The zero-order valence-corrected chi connectivity index (χ0v) is 14.1. The molecule has 124 valence electrons. The number of aromatic nitrogens is 1. The van der Waals surface area contributed by atoms with E-state index in [1.807, 2.05) is 25.1 Å². The number of aliphatic hydroxyl groups is 1. The summed E-state index contributed by atoms with van der Waals surface area (Å²) < 4.78 is 7.27. The van der Waals surface area contributed by atoms with Gasteiger partial charge in [-0.25, -0.2) is 4.79 Å². The number of benzene rings is 1. The van der Waals surface area contributed by atoms with Crippen LogP contribution in [0.1, 0.15) is 54.7 Å². The second-order valence-corrected chi connectivity index (χ2v) is 6.65. The number of fused-ring (bicyclic) bond motifs is 1. The highest BCUT2D eigenvalue weighted by molar-refractivity contribution is 6.05. The molecule has 2 aromatic rings. The predicted molar refractivity (Wildman–Crippen MR) is 90.7 cm³/mol. The Balaban J connectivity index is 2.06. The minimum Gasteiger partial charge on any atom is -0.465 e. The van der Waals surface area contributed by atoms with E-state index in [1.165, 1.54) is 7.11 Å². The normalized spacial score (nSPS) is 23.0. The molecule has 1 aliphatic carbocycles. The number of carbonyl (C=O) groups is 1. The van der Waals surface area contributed by atoms with Crippen LogP contribution in [-0.2, 0) is 4.74 Å². The number of methoxy groups -OCH3 is 1. The van der Waals surface area contributed by atoms with E-state index in [1.54, 1.807) is 0 Å². The van der Waals surface area contributed by atoms with Gasteiger partial charge in [-0.1, -0.05) is 18.2 Å². The lowest BCUT2D eigenvalue weighted by molar-refractivity contribution is 0.0601. The first-order valence-electron chi connectivity index (χ1n) is 8.40. The van der Waals surface area contributed by atoms with Crippen LogP contribution in [0.2, 0.25) is 0 Å². The number of esters is 1. The number of aliphatic hydroxyl groups excluding tert-OH is 1. The maximum Gasteiger partial charge on any atom is 0.340 e. The van der Waals surface area contributed by atoms with Crippen LogP contribution in [0.15, 0.2) is 24.3 Å². The number of carbonyl (C=O) groups excluding carboxylic acids is 1. The Labute approximate surface area is 137 Å². The summed E-state index contributed by atoms with van der Waals surface area (Å²) in [5, 5.41) is 10.7. The molecule has 1 N–H and O–H groups in total. The summed E-state index contributed by atoms with van der Waals surface area (Å²) >= 11 is 0. The summed E-state index contributed by atoms with van der Waals surface area (Å²) in [6.07, 6.45) is 3.66. The minimum atomic E-state index is -0.274. The molecule has 1 aromatic heterocycles. The van der Waals surface area contributed by atoms with E-state index in [-0.39, 0.29) is 12.1 Å². The molecule has 1 atom stereocenters. The van der Waals surface area contributed by atoms with Crippen molar-refractivity contribution in [3.8, 4) is 0 Å². The first-order valence-corrected chi connectivity index (χ1v) is 8.40. The van der Waals surface area contributed by atoms with Crippen LogP contribution < -0.4 is 0 Å². The quantitative estimate of drug-likeness (QED) is 0.875. The molecule has 0 unspecified atom stereocenters. The molecule has 0 radical (unpaired) electrons. The van der Waals surface area contributed by atoms with Crippen LogP contribution in [0.5, 0.6) is 0 Å². The highest BCUT2D eigenvalue weighted by Crippen LogP contribution is 2.37. The summed E-state index contributed by atoms with van der Waals surface area (Å²) in [5.74, 6) is 0.252. The molecule has 4 nitrogen and oxygen atoms in total. The van der Waals surface area contributed by atoms with Crippen molar-refractivity contribution < 1.29 is 14.6 Å². The van der Waals surface area contributed by atoms with E-state index >= 15 is 0 Å². The third-order valence-electron chi connectivity index (χ3n) is 5.38. The van der Waals surface area contributed by atoms with E-state index in [9.17, 15) is 9.90 Å². The van der Waals surface area contributed by atoms with Gasteiger partial charge >= 0.3 is 5.97 Å². The summed E-state index contributed by atoms with van der Waals surface area (Å²) in [4.78, 5) is 12.2. The molecule has 0 bridgehead atoms. The number of ether oxygens (including phenoxy) is 1. The molecule has 4 heteroatoms. The van der Waals surface area contributed by atoms with Crippen molar-refractivity contribution in [3.05, 3.63) is 35.5 Å². The van der Waals surface area contributed by atoms with Gasteiger partial charge in [0.1, 0.15) is 0 Å². The third-order valence-corrected chi connectivity index (χ3v) is 5.38. The molecule has 0 saturated heterocycles. The Hall–Kier alpha value is -1.81. The van der Waals surface area contributed by atoms with Crippen molar-refractivity contribution in [2.24, 2.45) is 5.92 Å². The van der Waals surface area contributed by atoms with Crippen molar-refractivity contribution in [3.63, 3.8) is 0 Å². The Morgan fingerprint density at radius 3 is 2.57 bits per heavy atom. The van der Waals surface area contributed by atoms with E-state index in [2.05, 4.69) is 17.6 Å². The van der Waals surface area contributed by atoms with Crippen molar-refractivity contribution in [1.82, 2.24) is 4.57 Å². The van der Waals surface area contributed by atoms with Gasteiger partial charge < -0.3 is 14.4 Å². The van der Waals surface area contributed by atoms with Crippen LogP contribution in [0.25, 0.3) is 10.9 Å². The van der Waals surface area contributed by atoms with Crippen molar-refractivity contribution >= 4 is 16.9 Å². The highest BCUT2D eigenvalue weighted by Gasteiger charge is 2.29. The fourth-order valence-electron chi connectivity index (χ4n) is 4.07. The van der Waals surface area contributed by atoms with Crippen LogP contribution in [0.4, 0.5) is 0 Å². The van der Waals surface area contributed by atoms with E-state index in [0.717, 1.165) is 42.3 Å². The molecular formula is C19H25NO3. The topological polar surface area (TPSA) is 51.5 Å². The summed E-state index contributed by atoms with van der Waals surface area (Å²) in [6.45, 7) is 4.23. The standard InChI is InChI=1S/C19H25NO3/c1-12(14-8-10-15(21)11-9-14)20-13(2)18(19(22)23-3)16-6-4-5-7-17(16)20/h4-7,12,14-15,21H,8-11H2,1-3H3/t12-,14?,15?/m1/s1. The van der Waals surface area contributed by atoms with Crippen molar-refractivity contribution in [2.75, 3.05) is 7.11 Å².